The van der Waals surface area contributed by atoms with Crippen LogP contribution in [0.1, 0.15) is 0 Å². The molecule has 2 rings (SSSR count). The molecule has 0 amide bonds. The molecule has 1 heterocycles. The fourth-order valence-electron chi connectivity index (χ4n) is 1.07. The van der Waals surface area contributed by atoms with Crippen LogP contribution in [0, 0.1) is 11.6 Å². The van der Waals surface area contributed by atoms with Gasteiger partial charge in [-0.15, -0.1) is 0 Å². The van der Waals surface area contributed by atoms with Crippen molar-refractivity contribution >= 4 is 11.6 Å². The molecule has 0 aliphatic carbocycles. The summed E-state index contributed by atoms with van der Waals surface area (Å²) in [5.74, 6) is -1.00. The summed E-state index contributed by atoms with van der Waals surface area (Å²) in [6, 6.07) is 3.65. The minimum atomic E-state index is -0.651. The molecule has 0 atom stereocenters. The van der Waals surface area contributed by atoms with Crippen LogP contribution in [0.25, 0.3) is 0 Å². The van der Waals surface area contributed by atoms with Crippen LogP contribution in [0.4, 0.5) is 20.4 Å². The van der Waals surface area contributed by atoms with Crippen LogP contribution in [0.2, 0.25) is 0 Å². The molecule has 3 nitrogen and oxygen atoms in total. The largest absolute Gasteiger partial charge is 0.331 e. The fourth-order valence-corrected chi connectivity index (χ4v) is 1.07. The van der Waals surface area contributed by atoms with E-state index in [4.69, 9.17) is 0 Å². The third-order valence-corrected chi connectivity index (χ3v) is 1.70. The summed E-state index contributed by atoms with van der Waals surface area (Å²) in [4.78, 5) is 6.48. The summed E-state index contributed by atoms with van der Waals surface area (Å²) in [7, 11) is 0. The van der Waals surface area contributed by atoms with Crippen molar-refractivity contribution in [2.24, 2.45) is 0 Å². The quantitative estimate of drug-likeness (QED) is 0.772. The molecule has 0 unspecified atom stereocenters. The lowest BCUT2D eigenvalue weighted by Crippen LogP contribution is -1.98. The van der Waals surface area contributed by atoms with Gasteiger partial charge in [0.2, 0.25) is 5.95 Å². The number of H-pyrrole nitrogens is 1. The van der Waals surface area contributed by atoms with Crippen molar-refractivity contribution in [3.63, 3.8) is 0 Å². The van der Waals surface area contributed by atoms with Crippen LogP contribution >= 0.6 is 0 Å². The van der Waals surface area contributed by atoms with Gasteiger partial charge in [0, 0.05) is 12.4 Å². The van der Waals surface area contributed by atoms with Crippen molar-refractivity contribution in [1.29, 1.82) is 0 Å². The molecule has 0 bridgehead atoms. The van der Waals surface area contributed by atoms with Gasteiger partial charge in [-0.1, -0.05) is 6.07 Å². The Hall–Kier alpha value is -1.91. The number of imidazole rings is 1. The molecule has 0 aliphatic rings. The highest BCUT2D eigenvalue weighted by Crippen LogP contribution is 2.20. The minimum absolute atomic E-state index is 0.206. The first-order valence-corrected chi connectivity index (χ1v) is 3.98. The van der Waals surface area contributed by atoms with Gasteiger partial charge in [0.1, 0.15) is 17.3 Å². The van der Waals surface area contributed by atoms with Gasteiger partial charge >= 0.3 is 0 Å². The van der Waals surface area contributed by atoms with E-state index >= 15 is 0 Å². The maximum atomic E-state index is 13.1. The van der Waals surface area contributed by atoms with Crippen LogP contribution in [0.15, 0.2) is 30.6 Å². The second kappa shape index (κ2) is 3.45. The Morgan fingerprint density at radius 3 is 2.50 bits per heavy atom. The molecule has 72 valence electrons. The highest BCUT2D eigenvalue weighted by molar-refractivity contribution is 5.54. The first kappa shape index (κ1) is 8.68. The third kappa shape index (κ3) is 1.56. The minimum Gasteiger partial charge on any atom is -0.331 e. The highest BCUT2D eigenvalue weighted by Gasteiger charge is 2.08. The summed E-state index contributed by atoms with van der Waals surface area (Å²) in [5.41, 5.74) is -0.206. The Morgan fingerprint density at radius 2 is 1.93 bits per heavy atom. The Kier molecular flexibility index (Phi) is 2.14. The van der Waals surface area contributed by atoms with E-state index in [-0.39, 0.29) is 5.69 Å². The predicted molar refractivity (Wildman–Crippen MR) is 48.2 cm³/mol. The summed E-state index contributed by atoms with van der Waals surface area (Å²) in [6.07, 6.45) is 3.04. The van der Waals surface area contributed by atoms with E-state index in [1.54, 1.807) is 6.20 Å². The van der Waals surface area contributed by atoms with Gasteiger partial charge in [-0.2, -0.15) is 0 Å². The lowest BCUT2D eigenvalue weighted by molar-refractivity contribution is 0.590. The SMILES string of the molecule is Fc1cccc(F)c1Nc1ncc[nH]1. The van der Waals surface area contributed by atoms with Crippen molar-refractivity contribution in [3.8, 4) is 0 Å². The van der Waals surface area contributed by atoms with Crippen LogP contribution < -0.4 is 5.32 Å². The van der Waals surface area contributed by atoms with Crippen molar-refractivity contribution < 1.29 is 8.78 Å². The first-order chi connectivity index (χ1) is 6.77. The lowest BCUT2D eigenvalue weighted by Gasteiger charge is -2.04. The molecule has 14 heavy (non-hydrogen) atoms. The van der Waals surface area contributed by atoms with Gasteiger partial charge in [-0.3, -0.25) is 0 Å². The molecular weight excluding hydrogens is 188 g/mol. The lowest BCUT2D eigenvalue weighted by atomic mass is 10.3. The molecule has 0 aliphatic heterocycles. The number of anilines is 2. The second-order valence-corrected chi connectivity index (χ2v) is 2.66. The van der Waals surface area contributed by atoms with Crippen molar-refractivity contribution in [2.45, 2.75) is 0 Å². The van der Waals surface area contributed by atoms with Crippen LogP contribution in [-0.4, -0.2) is 9.97 Å². The molecule has 0 fully saturated rings. The summed E-state index contributed by atoms with van der Waals surface area (Å²) >= 11 is 0. The number of benzene rings is 1. The monoisotopic (exact) mass is 195 g/mol. The van der Waals surface area contributed by atoms with Crippen LogP contribution in [0.5, 0.6) is 0 Å². The molecule has 0 saturated carbocycles. The molecule has 0 radical (unpaired) electrons. The molecule has 1 aromatic carbocycles. The molecular formula is C9H7F2N3. The first-order valence-electron chi connectivity index (χ1n) is 3.98. The topological polar surface area (TPSA) is 40.7 Å². The number of halogens is 2. The zero-order valence-corrected chi connectivity index (χ0v) is 7.09. The maximum Gasteiger partial charge on any atom is 0.204 e. The number of nitrogens with one attached hydrogen (secondary N) is 2. The number of aromatic amines is 1. The standard InChI is InChI=1S/C9H7F2N3/c10-6-2-1-3-7(11)8(6)14-9-12-4-5-13-9/h1-5H,(H2,12,13,14). The number of para-hydroxylation sites is 1. The summed E-state index contributed by atoms with van der Waals surface area (Å²) < 4.78 is 26.2. The van der Waals surface area contributed by atoms with Gasteiger partial charge in [0.05, 0.1) is 0 Å². The average Bonchev–Trinajstić information content (AvgIpc) is 2.64. The molecule has 1 aromatic heterocycles. The van der Waals surface area contributed by atoms with E-state index in [0.717, 1.165) is 0 Å². The van der Waals surface area contributed by atoms with Gasteiger partial charge in [-0.25, -0.2) is 13.8 Å². The van der Waals surface area contributed by atoms with Gasteiger partial charge in [0.25, 0.3) is 0 Å². The number of rotatable bonds is 2. The smallest absolute Gasteiger partial charge is 0.204 e. The van der Waals surface area contributed by atoms with Gasteiger partial charge in [-0.05, 0) is 12.1 Å². The van der Waals surface area contributed by atoms with E-state index in [0.29, 0.717) is 5.95 Å². The zero-order chi connectivity index (χ0) is 9.97. The molecule has 5 heteroatoms. The van der Waals surface area contributed by atoms with Crippen molar-refractivity contribution in [3.05, 3.63) is 42.2 Å². The van der Waals surface area contributed by atoms with Crippen LogP contribution in [0.3, 0.4) is 0 Å². The van der Waals surface area contributed by atoms with E-state index in [1.807, 2.05) is 0 Å². The number of hydrogen-bond donors (Lipinski definition) is 2. The number of nitrogens with zero attached hydrogens (tertiary/aromatic N) is 1. The van der Waals surface area contributed by atoms with Crippen LogP contribution in [-0.2, 0) is 0 Å². The summed E-state index contributed by atoms with van der Waals surface area (Å²) in [5, 5.41) is 2.50. The Bertz CT molecular complexity index is 405. The third-order valence-electron chi connectivity index (χ3n) is 1.70. The van der Waals surface area contributed by atoms with Crippen molar-refractivity contribution in [1.82, 2.24) is 9.97 Å². The van der Waals surface area contributed by atoms with Crippen molar-refractivity contribution in [2.75, 3.05) is 5.32 Å². The van der Waals surface area contributed by atoms with Gasteiger partial charge < -0.3 is 10.3 Å². The molecule has 2 aromatic rings. The van der Waals surface area contributed by atoms with E-state index in [9.17, 15) is 8.78 Å². The molecule has 0 spiro atoms. The highest BCUT2D eigenvalue weighted by atomic mass is 19.1. The normalized spacial score (nSPS) is 10.1. The second-order valence-electron chi connectivity index (χ2n) is 2.66. The van der Waals surface area contributed by atoms with E-state index in [2.05, 4.69) is 15.3 Å². The number of aromatic nitrogens is 2. The fraction of sp³-hybridized carbons (Fsp3) is 0. The molecule has 2 N–H and O–H groups in total. The maximum absolute atomic E-state index is 13.1. The molecule has 0 saturated heterocycles. The Morgan fingerprint density at radius 1 is 1.21 bits per heavy atom. The Balaban J connectivity index is 2.33. The zero-order valence-electron chi connectivity index (χ0n) is 7.09. The van der Waals surface area contributed by atoms with Gasteiger partial charge in [0.15, 0.2) is 0 Å². The Labute approximate surface area is 78.8 Å². The predicted octanol–water partition coefficient (Wildman–Crippen LogP) is 2.43. The van der Waals surface area contributed by atoms with E-state index in [1.165, 1.54) is 24.4 Å². The number of hydrogen-bond acceptors (Lipinski definition) is 2. The average molecular weight is 195 g/mol. The summed E-state index contributed by atoms with van der Waals surface area (Å²) in [6.45, 7) is 0. The van der Waals surface area contributed by atoms with E-state index < -0.39 is 11.6 Å².